The first-order chi connectivity index (χ1) is 15.6. The van der Waals surface area contributed by atoms with Crippen molar-refractivity contribution < 1.29 is 0 Å². The van der Waals surface area contributed by atoms with Crippen molar-refractivity contribution in [3.8, 4) is 23.0 Å². The fourth-order valence-electron chi connectivity index (χ4n) is 4.45. The number of nitrogens with zero attached hydrogens (tertiary/aromatic N) is 4. The minimum atomic E-state index is 0.590. The minimum Gasteiger partial charge on any atom is -0.342 e. The van der Waals surface area contributed by atoms with Crippen LogP contribution in [-0.2, 0) is 7.05 Å². The van der Waals surface area contributed by atoms with E-state index >= 15 is 0 Å². The predicted molar refractivity (Wildman–Crippen MR) is 132 cm³/mol. The number of benzene rings is 2. The molecular formula is C27H25ClN4. The van der Waals surface area contributed by atoms with E-state index < -0.39 is 0 Å². The van der Waals surface area contributed by atoms with Crippen molar-refractivity contribution in [2.45, 2.75) is 31.7 Å². The van der Waals surface area contributed by atoms with Gasteiger partial charge in [-0.2, -0.15) is 0 Å². The van der Waals surface area contributed by atoms with Crippen LogP contribution in [0.1, 0.15) is 36.9 Å². The molecule has 5 rings (SSSR count). The molecule has 0 amide bonds. The summed E-state index contributed by atoms with van der Waals surface area (Å²) in [5, 5.41) is 0.728. The van der Waals surface area contributed by atoms with E-state index in [0.717, 1.165) is 44.4 Å². The van der Waals surface area contributed by atoms with Gasteiger partial charge in [0.15, 0.2) is 0 Å². The Balaban J connectivity index is 1.37. The molecule has 2 aromatic carbocycles. The van der Waals surface area contributed by atoms with Crippen LogP contribution < -0.4 is 4.90 Å². The van der Waals surface area contributed by atoms with Crippen LogP contribution in [0.4, 0.5) is 5.95 Å². The summed E-state index contributed by atoms with van der Waals surface area (Å²) in [6.45, 7) is 0. The molecule has 2 aromatic heterocycles. The molecule has 0 atom stereocenters. The highest BCUT2D eigenvalue weighted by Gasteiger charge is 2.23. The minimum absolute atomic E-state index is 0.590. The average Bonchev–Trinajstić information content (AvgIpc) is 3.47. The Labute approximate surface area is 193 Å². The lowest BCUT2D eigenvalue weighted by atomic mass is 10.1. The van der Waals surface area contributed by atoms with Crippen molar-refractivity contribution in [2.24, 2.45) is 7.05 Å². The molecule has 4 nitrogen and oxygen atoms in total. The molecule has 4 aromatic rings. The van der Waals surface area contributed by atoms with E-state index in [0.29, 0.717) is 6.04 Å². The van der Waals surface area contributed by atoms with Gasteiger partial charge in [-0.25, -0.2) is 9.97 Å². The Morgan fingerprint density at radius 2 is 1.72 bits per heavy atom. The second-order valence-corrected chi connectivity index (χ2v) is 8.85. The van der Waals surface area contributed by atoms with Crippen LogP contribution in [-0.4, -0.2) is 27.6 Å². The molecule has 0 bridgehead atoms. The van der Waals surface area contributed by atoms with Crippen molar-refractivity contribution in [3.63, 3.8) is 0 Å². The highest BCUT2D eigenvalue weighted by atomic mass is 35.5. The van der Waals surface area contributed by atoms with E-state index in [1.807, 2.05) is 42.6 Å². The third kappa shape index (κ3) is 4.09. The van der Waals surface area contributed by atoms with Gasteiger partial charge in [-0.3, -0.25) is 0 Å². The van der Waals surface area contributed by atoms with Crippen LogP contribution in [0.5, 0.6) is 0 Å². The molecule has 0 unspecified atom stereocenters. The summed E-state index contributed by atoms with van der Waals surface area (Å²) in [4.78, 5) is 11.8. The summed E-state index contributed by atoms with van der Waals surface area (Å²) in [7, 11) is 4.25. The maximum Gasteiger partial charge on any atom is 0.206 e. The number of rotatable bonds is 3. The maximum atomic E-state index is 5.97. The molecule has 1 saturated carbocycles. The summed E-state index contributed by atoms with van der Waals surface area (Å²) < 4.78 is 2.18. The van der Waals surface area contributed by atoms with Gasteiger partial charge in [-0.1, -0.05) is 48.6 Å². The zero-order chi connectivity index (χ0) is 22.1. The Kier molecular flexibility index (Phi) is 5.59. The number of hydrogen-bond acceptors (Lipinski definition) is 3. The largest absolute Gasteiger partial charge is 0.342 e. The van der Waals surface area contributed by atoms with Crippen LogP contribution in [0, 0.1) is 11.8 Å². The second-order valence-electron chi connectivity index (χ2n) is 8.41. The van der Waals surface area contributed by atoms with Gasteiger partial charge in [0.1, 0.15) is 5.69 Å². The molecule has 32 heavy (non-hydrogen) atoms. The number of aromatic nitrogens is 3. The maximum absolute atomic E-state index is 5.97. The smallest absolute Gasteiger partial charge is 0.206 e. The van der Waals surface area contributed by atoms with Gasteiger partial charge < -0.3 is 9.47 Å². The van der Waals surface area contributed by atoms with E-state index in [4.69, 9.17) is 16.6 Å². The number of hydrogen-bond donors (Lipinski definition) is 0. The van der Waals surface area contributed by atoms with Crippen LogP contribution in [0.3, 0.4) is 0 Å². The normalized spacial score (nSPS) is 13.8. The van der Waals surface area contributed by atoms with E-state index in [1.54, 1.807) is 0 Å². The van der Waals surface area contributed by atoms with Gasteiger partial charge in [0.25, 0.3) is 0 Å². The highest BCUT2D eigenvalue weighted by molar-refractivity contribution is 6.30. The lowest BCUT2D eigenvalue weighted by Crippen LogP contribution is -2.30. The SMILES string of the molecule is CN(c1nc2cc(C#Cc3ccc(-c4ccc(Cl)cc4)cn3)ccc2n1C)C1CCCC1. The van der Waals surface area contributed by atoms with Gasteiger partial charge in [0.2, 0.25) is 5.95 Å². The van der Waals surface area contributed by atoms with Crippen molar-refractivity contribution in [2.75, 3.05) is 11.9 Å². The summed E-state index contributed by atoms with van der Waals surface area (Å²) in [6.07, 6.45) is 6.97. The van der Waals surface area contributed by atoms with E-state index in [2.05, 4.69) is 58.6 Å². The summed E-state index contributed by atoms with van der Waals surface area (Å²) in [5.74, 6) is 7.44. The molecule has 1 aliphatic carbocycles. The molecular weight excluding hydrogens is 416 g/mol. The van der Waals surface area contributed by atoms with Crippen molar-refractivity contribution in [3.05, 3.63) is 77.1 Å². The predicted octanol–water partition coefficient (Wildman–Crippen LogP) is 6.07. The number of fused-ring (bicyclic) bond motifs is 1. The van der Waals surface area contributed by atoms with Gasteiger partial charge in [-0.05, 0) is 60.7 Å². The lowest BCUT2D eigenvalue weighted by Gasteiger charge is -2.25. The average molecular weight is 441 g/mol. The molecule has 0 aliphatic heterocycles. The topological polar surface area (TPSA) is 34.0 Å². The van der Waals surface area contributed by atoms with Crippen LogP contribution in [0.2, 0.25) is 5.02 Å². The fourth-order valence-corrected chi connectivity index (χ4v) is 4.58. The summed E-state index contributed by atoms with van der Waals surface area (Å²) in [5.41, 5.74) is 5.91. The van der Waals surface area contributed by atoms with Crippen LogP contribution in [0.25, 0.3) is 22.2 Å². The molecule has 0 N–H and O–H groups in total. The zero-order valence-electron chi connectivity index (χ0n) is 18.3. The quantitative estimate of drug-likeness (QED) is 0.363. The molecule has 2 heterocycles. The second kappa shape index (κ2) is 8.68. The number of anilines is 1. The third-order valence-corrected chi connectivity index (χ3v) is 6.57. The van der Waals surface area contributed by atoms with E-state index in [1.165, 1.54) is 25.7 Å². The van der Waals surface area contributed by atoms with E-state index in [-0.39, 0.29) is 0 Å². The fraction of sp³-hybridized carbons (Fsp3) is 0.259. The molecule has 5 heteroatoms. The Morgan fingerprint density at radius 1 is 0.969 bits per heavy atom. The molecule has 0 spiro atoms. The van der Waals surface area contributed by atoms with Crippen molar-refractivity contribution >= 4 is 28.6 Å². The zero-order valence-corrected chi connectivity index (χ0v) is 19.1. The standard InChI is InChI=1S/C27H25ClN4/c1-31(24-5-3-4-6-24)27-30-25-17-19(8-16-26(25)32(27)2)7-14-23-15-11-21(18-29-23)20-9-12-22(28)13-10-20/h8-13,15-18,24H,3-6H2,1-2H3. The number of aryl methyl sites for hydroxylation is 1. The first-order valence-corrected chi connectivity index (χ1v) is 11.4. The van der Waals surface area contributed by atoms with Crippen LogP contribution in [0.15, 0.2) is 60.8 Å². The van der Waals surface area contributed by atoms with Gasteiger partial charge in [0.05, 0.1) is 11.0 Å². The summed E-state index contributed by atoms with van der Waals surface area (Å²) >= 11 is 5.97. The molecule has 1 fully saturated rings. The first kappa shape index (κ1) is 20.6. The van der Waals surface area contributed by atoms with E-state index in [9.17, 15) is 0 Å². The van der Waals surface area contributed by atoms with Gasteiger partial charge >= 0.3 is 0 Å². The first-order valence-electron chi connectivity index (χ1n) is 11.0. The van der Waals surface area contributed by atoms with Gasteiger partial charge in [0, 0.05) is 42.5 Å². The number of halogens is 1. The van der Waals surface area contributed by atoms with Crippen LogP contribution >= 0.6 is 11.6 Å². The third-order valence-electron chi connectivity index (χ3n) is 6.32. The Bertz CT molecular complexity index is 1300. The lowest BCUT2D eigenvalue weighted by molar-refractivity contribution is 0.630. The molecule has 0 saturated heterocycles. The summed E-state index contributed by atoms with van der Waals surface area (Å²) in [6, 6.07) is 18.6. The number of pyridine rings is 1. The Hall–Kier alpha value is -3.29. The monoisotopic (exact) mass is 440 g/mol. The molecule has 1 aliphatic rings. The van der Waals surface area contributed by atoms with Crippen molar-refractivity contribution in [1.82, 2.24) is 14.5 Å². The molecule has 0 radical (unpaired) electrons. The number of imidazole rings is 1. The Morgan fingerprint density at radius 3 is 2.44 bits per heavy atom. The van der Waals surface area contributed by atoms with Crippen molar-refractivity contribution in [1.29, 1.82) is 0 Å². The molecule has 160 valence electrons. The van der Waals surface area contributed by atoms with Gasteiger partial charge in [-0.15, -0.1) is 0 Å². The highest BCUT2D eigenvalue weighted by Crippen LogP contribution is 2.29.